The summed E-state index contributed by atoms with van der Waals surface area (Å²) in [5, 5.41) is 15.2. The predicted molar refractivity (Wildman–Crippen MR) is 95.3 cm³/mol. The van der Waals surface area contributed by atoms with Gasteiger partial charge < -0.3 is 14.7 Å². The molecule has 8 nitrogen and oxygen atoms in total. The quantitative estimate of drug-likeness (QED) is 0.661. The molecule has 1 aliphatic heterocycles. The van der Waals surface area contributed by atoms with E-state index >= 15 is 0 Å². The Morgan fingerprint density at radius 2 is 1.93 bits per heavy atom. The van der Waals surface area contributed by atoms with Crippen molar-refractivity contribution in [3.05, 3.63) is 50.6 Å². The van der Waals surface area contributed by atoms with Crippen LogP contribution < -0.4 is 21.1 Å². The molecule has 2 aromatic carbocycles. The normalized spacial score (nSPS) is 16.9. The van der Waals surface area contributed by atoms with E-state index in [4.69, 9.17) is 5.26 Å². The number of anilines is 3. The zero-order chi connectivity index (χ0) is 20.8. The van der Waals surface area contributed by atoms with Crippen molar-refractivity contribution in [2.24, 2.45) is 5.92 Å². The molecule has 148 valence electrons. The molecule has 0 radical (unpaired) electrons. The van der Waals surface area contributed by atoms with E-state index in [1.54, 1.807) is 4.90 Å². The van der Waals surface area contributed by atoms with E-state index in [1.807, 2.05) is 0 Å². The number of hydrogen-bond donors (Lipinski definition) is 1. The van der Waals surface area contributed by atoms with Crippen LogP contribution in [0.3, 0.4) is 0 Å². The van der Waals surface area contributed by atoms with Gasteiger partial charge in [0, 0.05) is 24.3 Å². The number of hydrogen-bond acceptors (Lipinski definition) is 8. The van der Waals surface area contributed by atoms with Gasteiger partial charge in [0.25, 0.3) is 10.9 Å². The molecule has 0 bridgehead atoms. The number of nitriles is 1. The summed E-state index contributed by atoms with van der Waals surface area (Å²) in [6.45, 7) is 0.893. The Bertz CT molecular complexity index is 1170. The molecule has 0 saturated carbocycles. The van der Waals surface area contributed by atoms with Gasteiger partial charge in [0.15, 0.2) is 0 Å². The number of nitrogens with one attached hydrogen (secondary N) is 1. The van der Waals surface area contributed by atoms with Crippen LogP contribution in [0.15, 0.2) is 38.4 Å². The van der Waals surface area contributed by atoms with Crippen LogP contribution >= 0.6 is 0 Å². The van der Waals surface area contributed by atoms with Crippen molar-refractivity contribution >= 4 is 17.1 Å². The maximum Gasteiger partial charge on any atom is 0.471 e. The minimum Gasteiger partial charge on any atom is -0.365 e. The number of nitrogens with zero attached hydrogens (tertiary/aromatic N) is 4. The molecule has 1 aromatic heterocycles. The third-order valence-electron chi connectivity index (χ3n) is 4.65. The van der Waals surface area contributed by atoms with Gasteiger partial charge in [-0.1, -0.05) is 5.16 Å². The van der Waals surface area contributed by atoms with Crippen LogP contribution in [0.2, 0.25) is 0 Å². The number of aromatic nitrogens is 2. The zero-order valence-electron chi connectivity index (χ0n) is 14.7. The van der Waals surface area contributed by atoms with Crippen molar-refractivity contribution in [1.29, 1.82) is 5.26 Å². The predicted octanol–water partition coefficient (Wildman–Crippen LogP) is 2.44. The molecule has 1 fully saturated rings. The fraction of sp³-hybridized carbons (Fsp3) is 0.278. The zero-order valence-corrected chi connectivity index (χ0v) is 14.7. The average Bonchev–Trinajstić information content (AvgIpc) is 3.37. The molecule has 1 unspecified atom stereocenters. The van der Waals surface area contributed by atoms with Crippen molar-refractivity contribution in [2.75, 3.05) is 23.3 Å². The van der Waals surface area contributed by atoms with Gasteiger partial charge in [-0.2, -0.15) is 23.4 Å². The molecular weight excluding hydrogens is 391 g/mol. The maximum atomic E-state index is 12.6. The summed E-state index contributed by atoms with van der Waals surface area (Å²) >= 11 is 0. The van der Waals surface area contributed by atoms with E-state index in [2.05, 4.69) is 26.0 Å². The van der Waals surface area contributed by atoms with Crippen LogP contribution in [-0.4, -0.2) is 23.2 Å². The smallest absolute Gasteiger partial charge is 0.365 e. The van der Waals surface area contributed by atoms with Crippen molar-refractivity contribution in [2.45, 2.75) is 12.6 Å². The highest BCUT2D eigenvalue weighted by Gasteiger charge is 2.38. The summed E-state index contributed by atoms with van der Waals surface area (Å²) in [4.78, 5) is 29.0. The van der Waals surface area contributed by atoms with E-state index < -0.39 is 22.9 Å². The van der Waals surface area contributed by atoms with Gasteiger partial charge in [-0.05, 0) is 30.7 Å². The minimum atomic E-state index is -4.73. The molecule has 2 heterocycles. The monoisotopic (exact) mass is 403 g/mol. The lowest BCUT2D eigenvalue weighted by Gasteiger charge is -2.22. The molecular formula is C18H12F3N5O3. The van der Waals surface area contributed by atoms with Crippen LogP contribution in [0.1, 0.15) is 12.3 Å². The summed E-state index contributed by atoms with van der Waals surface area (Å²) in [5.41, 5.74) is -0.120. The van der Waals surface area contributed by atoms with Crippen molar-refractivity contribution < 1.29 is 17.7 Å². The second-order valence-electron chi connectivity index (χ2n) is 6.57. The van der Waals surface area contributed by atoms with Crippen molar-refractivity contribution in [3.8, 4) is 17.5 Å². The Morgan fingerprint density at radius 3 is 2.52 bits per heavy atom. The van der Waals surface area contributed by atoms with Gasteiger partial charge in [0.05, 0.1) is 12.0 Å². The Labute approximate surface area is 160 Å². The molecule has 11 heteroatoms. The summed E-state index contributed by atoms with van der Waals surface area (Å²) in [6.07, 6.45) is -4.11. The highest BCUT2D eigenvalue weighted by Crippen LogP contribution is 2.31. The second-order valence-corrected chi connectivity index (χ2v) is 6.57. The number of benzene rings is 1. The fourth-order valence-electron chi connectivity index (χ4n) is 3.17. The topological polar surface area (TPSA) is 112 Å². The van der Waals surface area contributed by atoms with Gasteiger partial charge in [0.1, 0.15) is 11.4 Å². The van der Waals surface area contributed by atoms with Gasteiger partial charge in [-0.25, -0.2) is 0 Å². The van der Waals surface area contributed by atoms with E-state index in [9.17, 15) is 22.8 Å². The lowest BCUT2D eigenvalue weighted by molar-refractivity contribution is -0.159. The lowest BCUT2D eigenvalue weighted by atomic mass is 10.1. The molecule has 1 N–H and O–H groups in total. The van der Waals surface area contributed by atoms with Crippen LogP contribution in [0.4, 0.5) is 30.2 Å². The highest BCUT2D eigenvalue weighted by atomic mass is 19.4. The van der Waals surface area contributed by atoms with Crippen LogP contribution in [-0.2, 0) is 6.18 Å². The van der Waals surface area contributed by atoms with Crippen LogP contribution in [0.5, 0.6) is 0 Å². The molecule has 4 rings (SSSR count). The first-order chi connectivity index (χ1) is 13.8. The summed E-state index contributed by atoms with van der Waals surface area (Å²) in [7, 11) is 0. The van der Waals surface area contributed by atoms with E-state index in [-0.39, 0.29) is 28.7 Å². The third kappa shape index (κ3) is 3.33. The van der Waals surface area contributed by atoms with Crippen molar-refractivity contribution in [1.82, 2.24) is 10.1 Å². The Balaban J connectivity index is 1.53. The molecule has 3 aromatic rings. The van der Waals surface area contributed by atoms with Crippen LogP contribution in [0.25, 0.3) is 11.4 Å². The van der Waals surface area contributed by atoms with Gasteiger partial charge in [-0.3, -0.25) is 9.59 Å². The molecule has 0 amide bonds. The highest BCUT2D eigenvalue weighted by molar-refractivity contribution is 5.80. The SMILES string of the molecule is N#CC1CCN(c2c(Nc3ccc(-c4noc(C(F)(F)F)n4)cc3)c(=O)c2=O)C1. The maximum absolute atomic E-state index is 12.6. The molecule has 1 saturated heterocycles. The third-order valence-corrected chi connectivity index (χ3v) is 4.65. The summed E-state index contributed by atoms with van der Waals surface area (Å²) in [6, 6.07) is 8.10. The van der Waals surface area contributed by atoms with Crippen LogP contribution in [0, 0.1) is 17.2 Å². The summed E-state index contributed by atoms with van der Waals surface area (Å²) in [5.74, 6) is -1.86. The minimum absolute atomic E-state index is 0.139. The van der Waals surface area contributed by atoms with E-state index in [0.29, 0.717) is 25.2 Å². The number of halogens is 3. The first-order valence-corrected chi connectivity index (χ1v) is 8.54. The van der Waals surface area contributed by atoms with Crippen molar-refractivity contribution in [3.63, 3.8) is 0 Å². The molecule has 0 aliphatic carbocycles. The first-order valence-electron chi connectivity index (χ1n) is 8.54. The summed E-state index contributed by atoms with van der Waals surface area (Å²) < 4.78 is 41.9. The first kappa shape index (κ1) is 18.7. The largest absolute Gasteiger partial charge is 0.471 e. The van der Waals surface area contributed by atoms with Gasteiger partial charge >= 0.3 is 12.1 Å². The van der Waals surface area contributed by atoms with E-state index in [1.165, 1.54) is 24.3 Å². The second kappa shape index (κ2) is 6.73. The Kier molecular flexibility index (Phi) is 4.34. The van der Waals surface area contributed by atoms with Gasteiger partial charge in [0.2, 0.25) is 5.82 Å². The average molecular weight is 403 g/mol. The standard InChI is InChI=1S/C18H12F3N5O3/c19-18(20,21)17-24-16(25-29-17)10-1-3-11(4-2-10)23-12-13(15(28)14(12)27)26-6-5-9(7-22)8-26/h1-4,9,23H,5-6,8H2. The molecule has 29 heavy (non-hydrogen) atoms. The fourth-order valence-corrected chi connectivity index (χ4v) is 3.17. The number of rotatable bonds is 4. The van der Waals surface area contributed by atoms with E-state index in [0.717, 1.165) is 0 Å². The molecule has 1 atom stereocenters. The Morgan fingerprint density at radius 1 is 1.21 bits per heavy atom. The molecule has 1 aliphatic rings. The van der Waals surface area contributed by atoms with Gasteiger partial charge in [-0.15, -0.1) is 0 Å². The number of alkyl halides is 3. The lowest BCUT2D eigenvalue weighted by Crippen LogP contribution is -2.41. The molecule has 0 spiro atoms. The Hall–Kier alpha value is -3.68.